The Balaban J connectivity index is 1.19. The second-order valence-electron chi connectivity index (χ2n) is 13.6. The van der Waals surface area contributed by atoms with Crippen LogP contribution in [0.4, 0.5) is 0 Å². The van der Waals surface area contributed by atoms with Crippen LogP contribution >= 0.6 is 0 Å². The van der Waals surface area contributed by atoms with Gasteiger partial charge in [-0.25, -0.2) is 4.79 Å². The number of ether oxygens (including phenoxy) is 3. The minimum absolute atomic E-state index is 0.200. The van der Waals surface area contributed by atoms with Crippen molar-refractivity contribution in [3.8, 4) is 22.6 Å². The van der Waals surface area contributed by atoms with Gasteiger partial charge >= 0.3 is 11.9 Å². The molecule has 4 rings (SSSR count). The normalized spacial score (nSPS) is 11.7. The van der Waals surface area contributed by atoms with E-state index in [1.807, 2.05) is 61.5 Å². The van der Waals surface area contributed by atoms with E-state index in [1.54, 1.807) is 18.2 Å². The Morgan fingerprint density at radius 2 is 1.04 bits per heavy atom. The van der Waals surface area contributed by atoms with Gasteiger partial charge in [0.25, 0.3) is 0 Å². The molecule has 0 saturated carbocycles. The smallest absolute Gasteiger partial charge is 0.343 e. The molecule has 1 atom stereocenters. The monoisotopic (exact) mass is 678 g/mol. The molecule has 5 nitrogen and oxygen atoms in total. The lowest BCUT2D eigenvalue weighted by Crippen LogP contribution is -2.14. The van der Waals surface area contributed by atoms with E-state index in [4.69, 9.17) is 14.2 Å². The second-order valence-corrected chi connectivity index (χ2v) is 13.6. The highest BCUT2D eigenvalue weighted by Crippen LogP contribution is 2.28. The third-order valence-corrected chi connectivity index (χ3v) is 9.47. The molecule has 0 radical (unpaired) electrons. The lowest BCUT2D eigenvalue weighted by molar-refractivity contribution is -0.145. The average Bonchev–Trinajstić information content (AvgIpc) is 3.15. The highest BCUT2D eigenvalue weighted by Gasteiger charge is 2.17. The van der Waals surface area contributed by atoms with Crippen LogP contribution in [-0.2, 0) is 9.53 Å². The van der Waals surface area contributed by atoms with E-state index in [1.165, 1.54) is 64.2 Å². The number of carbonyl (C=O) groups is 2. The van der Waals surface area contributed by atoms with Gasteiger partial charge in [0.1, 0.15) is 11.5 Å². The molecule has 0 N–H and O–H groups in total. The standard InChI is InChI=1S/C45H58O5/c1-4-6-8-10-11-12-13-14-15-16-18-31-48-42-28-25-37(26-29-42)36-19-21-38(22-20-36)45(47)50-43-30-27-40-33-39(23-24-41(40)34-43)35(3)44(46)49-32-17-9-7-5-2/h19-30,33-35H,4-18,31-32H2,1-3H3/t35-/m0/s1. The van der Waals surface area contributed by atoms with Crippen LogP contribution < -0.4 is 9.47 Å². The van der Waals surface area contributed by atoms with Crippen LogP contribution in [0, 0.1) is 0 Å². The Labute approximate surface area is 300 Å². The number of unbranched alkanes of at least 4 members (excludes halogenated alkanes) is 13. The second kappa shape index (κ2) is 21.9. The number of fused-ring (bicyclic) bond motifs is 1. The molecule has 268 valence electrons. The summed E-state index contributed by atoms with van der Waals surface area (Å²) in [4.78, 5) is 25.5. The molecule has 0 unspecified atom stereocenters. The molecule has 0 bridgehead atoms. The predicted molar refractivity (Wildman–Crippen MR) is 206 cm³/mol. The van der Waals surface area contributed by atoms with Gasteiger partial charge in [0, 0.05) is 0 Å². The molecule has 50 heavy (non-hydrogen) atoms. The van der Waals surface area contributed by atoms with Gasteiger partial charge in [-0.2, -0.15) is 0 Å². The van der Waals surface area contributed by atoms with E-state index in [9.17, 15) is 9.59 Å². The van der Waals surface area contributed by atoms with Crippen molar-refractivity contribution in [2.75, 3.05) is 13.2 Å². The zero-order valence-electron chi connectivity index (χ0n) is 30.7. The SMILES string of the molecule is CCCCCCCCCCCCCOc1ccc(-c2ccc(C(=O)Oc3ccc4cc([C@H](C)C(=O)OCCCCCC)ccc4c3)cc2)cc1. The van der Waals surface area contributed by atoms with Gasteiger partial charge in [0.05, 0.1) is 24.7 Å². The van der Waals surface area contributed by atoms with Crippen molar-refractivity contribution < 1.29 is 23.8 Å². The maximum Gasteiger partial charge on any atom is 0.343 e. The summed E-state index contributed by atoms with van der Waals surface area (Å²) >= 11 is 0. The molecule has 0 aliphatic heterocycles. The Morgan fingerprint density at radius 1 is 0.540 bits per heavy atom. The van der Waals surface area contributed by atoms with Crippen molar-refractivity contribution in [3.63, 3.8) is 0 Å². The van der Waals surface area contributed by atoms with E-state index in [-0.39, 0.29) is 11.9 Å². The number of carbonyl (C=O) groups excluding carboxylic acids is 2. The summed E-state index contributed by atoms with van der Waals surface area (Å²) in [6, 6.07) is 27.1. The summed E-state index contributed by atoms with van der Waals surface area (Å²) in [7, 11) is 0. The van der Waals surface area contributed by atoms with Crippen LogP contribution in [0.25, 0.3) is 21.9 Å². The van der Waals surface area contributed by atoms with Crippen LogP contribution in [-0.4, -0.2) is 25.2 Å². The lowest BCUT2D eigenvalue weighted by Gasteiger charge is -2.13. The molecular weight excluding hydrogens is 620 g/mol. The molecular formula is C45H58O5. The zero-order valence-corrected chi connectivity index (χ0v) is 30.7. The maximum atomic E-state index is 13.0. The molecule has 0 amide bonds. The Morgan fingerprint density at radius 3 is 1.68 bits per heavy atom. The van der Waals surface area contributed by atoms with Crippen molar-refractivity contribution >= 4 is 22.7 Å². The van der Waals surface area contributed by atoms with Crippen molar-refractivity contribution in [1.82, 2.24) is 0 Å². The number of hydrogen-bond donors (Lipinski definition) is 0. The number of esters is 2. The van der Waals surface area contributed by atoms with Gasteiger partial charge in [-0.3, -0.25) is 4.79 Å². The Kier molecular flexibility index (Phi) is 16.9. The first-order chi connectivity index (χ1) is 24.5. The molecule has 0 heterocycles. The van der Waals surface area contributed by atoms with Crippen molar-refractivity contribution in [3.05, 3.63) is 96.1 Å². The molecule has 0 fully saturated rings. The number of hydrogen-bond acceptors (Lipinski definition) is 5. The fourth-order valence-corrected chi connectivity index (χ4v) is 6.20. The van der Waals surface area contributed by atoms with E-state index in [0.29, 0.717) is 17.9 Å². The van der Waals surface area contributed by atoms with Crippen LogP contribution in [0.1, 0.15) is 139 Å². The first-order valence-corrected chi connectivity index (χ1v) is 19.2. The predicted octanol–water partition coefficient (Wildman–Crippen LogP) is 12.6. The van der Waals surface area contributed by atoms with Gasteiger partial charge in [-0.05, 0) is 83.6 Å². The zero-order chi connectivity index (χ0) is 35.4. The summed E-state index contributed by atoms with van der Waals surface area (Å²) in [6.45, 7) is 7.53. The first-order valence-electron chi connectivity index (χ1n) is 19.2. The van der Waals surface area contributed by atoms with E-state index in [0.717, 1.165) is 71.9 Å². The highest BCUT2D eigenvalue weighted by molar-refractivity contribution is 5.93. The summed E-state index contributed by atoms with van der Waals surface area (Å²) in [5.74, 6) is 0.407. The Bertz CT molecular complexity index is 1570. The number of rotatable bonds is 23. The van der Waals surface area contributed by atoms with Gasteiger partial charge in [-0.1, -0.05) is 146 Å². The maximum absolute atomic E-state index is 13.0. The third kappa shape index (κ3) is 13.0. The fraction of sp³-hybridized carbons (Fsp3) is 0.467. The average molecular weight is 679 g/mol. The summed E-state index contributed by atoms with van der Waals surface area (Å²) in [6.07, 6.45) is 18.9. The molecule has 0 aliphatic rings. The molecule has 0 aromatic heterocycles. The van der Waals surface area contributed by atoms with E-state index < -0.39 is 5.97 Å². The molecule has 4 aromatic rings. The van der Waals surface area contributed by atoms with Crippen molar-refractivity contribution in [2.45, 2.75) is 123 Å². The van der Waals surface area contributed by atoms with Crippen molar-refractivity contribution in [1.29, 1.82) is 0 Å². The molecule has 0 spiro atoms. The summed E-state index contributed by atoms with van der Waals surface area (Å²) in [5.41, 5.74) is 3.48. The minimum Gasteiger partial charge on any atom is -0.494 e. The summed E-state index contributed by atoms with van der Waals surface area (Å²) < 4.78 is 17.2. The fourth-order valence-electron chi connectivity index (χ4n) is 6.20. The Hall–Kier alpha value is -4.12. The molecule has 0 aliphatic carbocycles. The minimum atomic E-state index is -0.408. The number of benzene rings is 4. The third-order valence-electron chi connectivity index (χ3n) is 9.47. The van der Waals surface area contributed by atoms with Gasteiger partial charge in [0.2, 0.25) is 0 Å². The quantitative estimate of drug-likeness (QED) is 0.0444. The molecule has 0 saturated heterocycles. The van der Waals surface area contributed by atoms with Gasteiger partial charge in [-0.15, -0.1) is 0 Å². The van der Waals surface area contributed by atoms with Crippen LogP contribution in [0.2, 0.25) is 0 Å². The molecule has 4 aromatic carbocycles. The van der Waals surface area contributed by atoms with Crippen LogP contribution in [0.15, 0.2) is 84.9 Å². The van der Waals surface area contributed by atoms with E-state index in [2.05, 4.69) is 26.0 Å². The largest absolute Gasteiger partial charge is 0.494 e. The summed E-state index contributed by atoms with van der Waals surface area (Å²) in [5, 5.41) is 1.90. The van der Waals surface area contributed by atoms with Crippen LogP contribution in [0.5, 0.6) is 11.5 Å². The highest BCUT2D eigenvalue weighted by atomic mass is 16.5. The van der Waals surface area contributed by atoms with Gasteiger partial charge in [0.15, 0.2) is 0 Å². The van der Waals surface area contributed by atoms with Crippen LogP contribution in [0.3, 0.4) is 0 Å². The topological polar surface area (TPSA) is 61.8 Å². The van der Waals surface area contributed by atoms with Gasteiger partial charge < -0.3 is 14.2 Å². The first kappa shape index (κ1) is 38.7. The van der Waals surface area contributed by atoms with E-state index >= 15 is 0 Å². The van der Waals surface area contributed by atoms with Crippen molar-refractivity contribution in [2.24, 2.45) is 0 Å². The lowest BCUT2D eigenvalue weighted by atomic mass is 9.98. The molecule has 5 heteroatoms.